The molecule has 3 aromatic rings. The number of aromatic nitrogens is 3. The smallest absolute Gasteiger partial charge is 0.416 e. The number of hydrazone groups is 1. The van der Waals surface area contributed by atoms with E-state index in [2.05, 4.69) is 15.2 Å². The Morgan fingerprint density at radius 2 is 1.87 bits per heavy atom. The minimum absolute atomic E-state index is 0.00169. The highest BCUT2D eigenvalue weighted by Crippen LogP contribution is 2.28. The van der Waals surface area contributed by atoms with Gasteiger partial charge in [0.15, 0.2) is 17.8 Å². The number of benzene rings is 2. The first-order valence-electron chi connectivity index (χ1n) is 11.6. The Balaban J connectivity index is 1.70. The molecule has 11 nitrogen and oxygen atoms in total. The third kappa shape index (κ3) is 6.08. The number of ether oxygens (including phenoxy) is 2. The van der Waals surface area contributed by atoms with E-state index in [1.165, 1.54) is 36.1 Å². The molecule has 0 amide bonds. The van der Waals surface area contributed by atoms with Gasteiger partial charge in [0.25, 0.3) is 0 Å². The number of hydrogen-bond acceptors (Lipinski definition) is 10. The van der Waals surface area contributed by atoms with Gasteiger partial charge in [0.1, 0.15) is 18.0 Å². The largest absolute Gasteiger partial charge is 0.492 e. The van der Waals surface area contributed by atoms with Gasteiger partial charge in [0.05, 0.1) is 20.3 Å². The van der Waals surface area contributed by atoms with Crippen molar-refractivity contribution in [2.75, 3.05) is 20.3 Å². The molecule has 2 atom stereocenters. The van der Waals surface area contributed by atoms with Gasteiger partial charge in [0, 0.05) is 10.6 Å². The van der Waals surface area contributed by atoms with E-state index in [4.69, 9.17) is 21.1 Å². The molecule has 15 heteroatoms. The summed E-state index contributed by atoms with van der Waals surface area (Å²) in [7, 11) is 1.17. The van der Waals surface area contributed by atoms with Gasteiger partial charge in [-0.3, -0.25) is 0 Å². The first-order chi connectivity index (χ1) is 18.5. The average molecular weight is 569 g/mol. The molecular formula is C24H24ClF3N6O5. The summed E-state index contributed by atoms with van der Waals surface area (Å²) in [4.78, 5) is 17.6. The van der Waals surface area contributed by atoms with E-state index in [0.717, 1.165) is 9.91 Å². The van der Waals surface area contributed by atoms with Crippen molar-refractivity contribution in [1.82, 2.24) is 24.7 Å². The van der Waals surface area contributed by atoms with Crippen LogP contribution in [0.5, 0.6) is 5.75 Å². The third-order valence-electron chi connectivity index (χ3n) is 5.61. The maximum absolute atomic E-state index is 13.2. The zero-order chi connectivity index (χ0) is 28.3. The number of aliphatic hydroxyl groups is 2. The number of β-amino-alcohol motifs (C(OH)–C–C–N with tert-alkyl or cyclic N) is 1. The number of methoxy groups -OCH3 is 1. The lowest BCUT2D eigenvalue weighted by Crippen LogP contribution is -2.49. The topological polar surface area (TPSA) is 126 Å². The molecule has 0 spiro atoms. The number of rotatable bonds is 9. The van der Waals surface area contributed by atoms with Gasteiger partial charge in [-0.05, 0) is 43.3 Å². The molecular weight excluding hydrogens is 545 g/mol. The van der Waals surface area contributed by atoms with Crippen LogP contribution in [0.3, 0.4) is 0 Å². The number of esters is 1. The van der Waals surface area contributed by atoms with Gasteiger partial charge in [-0.1, -0.05) is 23.7 Å². The highest BCUT2D eigenvalue weighted by Gasteiger charge is 2.44. The number of carbonyl (C=O) groups excluding carboxylic acids is 1. The predicted octanol–water partition coefficient (Wildman–Crippen LogP) is 2.78. The summed E-state index contributed by atoms with van der Waals surface area (Å²) >= 11 is 5.93. The van der Waals surface area contributed by atoms with Crippen molar-refractivity contribution in [2.24, 2.45) is 5.10 Å². The Bertz CT molecular complexity index is 1350. The second kappa shape index (κ2) is 11.5. The van der Waals surface area contributed by atoms with Gasteiger partial charge >= 0.3 is 12.1 Å². The lowest BCUT2D eigenvalue weighted by atomic mass is 10.2. The summed E-state index contributed by atoms with van der Waals surface area (Å²) in [5.74, 6) is -0.630. The number of halogens is 4. The van der Waals surface area contributed by atoms with E-state index in [0.29, 0.717) is 28.6 Å². The van der Waals surface area contributed by atoms with Crippen LogP contribution in [0.15, 0.2) is 53.6 Å². The molecule has 0 saturated heterocycles. The predicted molar refractivity (Wildman–Crippen MR) is 132 cm³/mol. The van der Waals surface area contributed by atoms with E-state index in [1.54, 1.807) is 31.2 Å². The van der Waals surface area contributed by atoms with Crippen LogP contribution >= 0.6 is 11.6 Å². The van der Waals surface area contributed by atoms with Crippen molar-refractivity contribution < 1.29 is 37.7 Å². The van der Waals surface area contributed by atoms with E-state index in [1.807, 2.05) is 0 Å². The van der Waals surface area contributed by atoms with Crippen molar-refractivity contribution >= 4 is 23.4 Å². The molecule has 4 rings (SSSR count). The maximum Gasteiger partial charge on any atom is 0.416 e. The molecule has 208 valence electrons. The SMILES string of the molecule is CCOc1ccccc1-n1nc(CN2N=C(c3ccc(Cl)cc3)N(C[C@H](O)C(F)(F)F)C2O)nc1C(=O)OC. The molecule has 0 bridgehead atoms. The van der Waals surface area contributed by atoms with E-state index < -0.39 is 31.1 Å². The van der Waals surface area contributed by atoms with Crippen molar-refractivity contribution in [1.29, 1.82) is 0 Å². The number of para-hydroxylation sites is 2. The highest BCUT2D eigenvalue weighted by atomic mass is 35.5. The minimum Gasteiger partial charge on any atom is -0.492 e. The Labute approximate surface area is 225 Å². The number of amidine groups is 1. The van der Waals surface area contributed by atoms with Crippen molar-refractivity contribution in [3.63, 3.8) is 0 Å². The van der Waals surface area contributed by atoms with Crippen LogP contribution in [-0.2, 0) is 11.3 Å². The minimum atomic E-state index is -4.93. The van der Waals surface area contributed by atoms with Crippen LogP contribution in [0.1, 0.15) is 28.9 Å². The van der Waals surface area contributed by atoms with E-state index in [-0.39, 0.29) is 24.0 Å². The molecule has 1 unspecified atom stereocenters. The number of nitrogens with zero attached hydrogens (tertiary/aromatic N) is 6. The summed E-state index contributed by atoms with van der Waals surface area (Å²) in [6.45, 7) is 0.815. The fourth-order valence-electron chi connectivity index (χ4n) is 3.78. The lowest BCUT2D eigenvalue weighted by molar-refractivity contribution is -0.212. The first-order valence-corrected chi connectivity index (χ1v) is 12.0. The van der Waals surface area contributed by atoms with Crippen molar-refractivity contribution in [3.05, 3.63) is 70.8 Å². The Hall–Kier alpha value is -3.88. The number of hydrogen-bond donors (Lipinski definition) is 2. The molecule has 1 aromatic heterocycles. The van der Waals surface area contributed by atoms with Crippen LogP contribution in [0.4, 0.5) is 13.2 Å². The fraction of sp³-hybridized carbons (Fsp3) is 0.333. The summed E-state index contributed by atoms with van der Waals surface area (Å²) in [6.07, 6.45) is -9.41. The number of aliphatic hydroxyl groups excluding tert-OH is 2. The van der Waals surface area contributed by atoms with Crippen molar-refractivity contribution in [2.45, 2.75) is 32.1 Å². The Morgan fingerprint density at radius 3 is 2.51 bits per heavy atom. The van der Waals surface area contributed by atoms with E-state index >= 15 is 0 Å². The van der Waals surface area contributed by atoms with Gasteiger partial charge in [0.2, 0.25) is 12.2 Å². The first kappa shape index (κ1) is 28.1. The van der Waals surface area contributed by atoms with Crippen LogP contribution in [0.25, 0.3) is 5.69 Å². The third-order valence-corrected chi connectivity index (χ3v) is 5.86. The monoisotopic (exact) mass is 568 g/mol. The van der Waals surface area contributed by atoms with Gasteiger partial charge in [-0.25, -0.2) is 19.5 Å². The maximum atomic E-state index is 13.2. The van der Waals surface area contributed by atoms with Crippen LogP contribution in [-0.4, -0.2) is 85.6 Å². The molecule has 0 saturated carbocycles. The van der Waals surface area contributed by atoms with Crippen LogP contribution < -0.4 is 4.74 Å². The Kier molecular flexibility index (Phi) is 8.28. The molecule has 1 aliphatic rings. The summed E-state index contributed by atoms with van der Waals surface area (Å²) in [5, 5.41) is 30.7. The average Bonchev–Trinajstić information content (AvgIpc) is 3.45. The molecule has 0 fully saturated rings. The molecule has 2 heterocycles. The molecule has 1 aliphatic heterocycles. The van der Waals surface area contributed by atoms with Crippen LogP contribution in [0.2, 0.25) is 5.02 Å². The van der Waals surface area contributed by atoms with E-state index in [9.17, 15) is 28.2 Å². The highest BCUT2D eigenvalue weighted by molar-refractivity contribution is 6.30. The number of alkyl halides is 3. The summed E-state index contributed by atoms with van der Waals surface area (Å²) < 4.78 is 51.1. The Morgan fingerprint density at radius 1 is 1.18 bits per heavy atom. The normalized spacial score (nSPS) is 16.3. The van der Waals surface area contributed by atoms with Gasteiger partial charge < -0.3 is 24.6 Å². The quantitative estimate of drug-likeness (QED) is 0.375. The second-order valence-electron chi connectivity index (χ2n) is 8.24. The standard InChI is InChI=1S/C24H24ClF3N6O5/c1-3-39-17-7-5-4-6-16(17)34-21(22(36)38-2)29-19(30-34)13-33-23(37)32(12-18(35)24(26,27)28)20(31-33)14-8-10-15(25)11-9-14/h4-11,18,23,35,37H,3,12-13H2,1-2H3/t18-,23?/m0/s1. The zero-order valence-corrected chi connectivity index (χ0v) is 21.5. The van der Waals surface area contributed by atoms with Gasteiger partial charge in [-0.2, -0.15) is 18.3 Å². The second-order valence-corrected chi connectivity index (χ2v) is 8.68. The zero-order valence-electron chi connectivity index (χ0n) is 20.7. The molecule has 39 heavy (non-hydrogen) atoms. The van der Waals surface area contributed by atoms with Crippen LogP contribution in [0, 0.1) is 0 Å². The fourth-order valence-corrected chi connectivity index (χ4v) is 3.90. The molecule has 0 aliphatic carbocycles. The molecule has 2 N–H and O–H groups in total. The molecule has 0 radical (unpaired) electrons. The lowest BCUT2D eigenvalue weighted by Gasteiger charge is -2.29. The van der Waals surface area contributed by atoms with Crippen molar-refractivity contribution in [3.8, 4) is 11.4 Å². The summed E-state index contributed by atoms with van der Waals surface area (Å²) in [6, 6.07) is 12.8. The molecule has 2 aromatic carbocycles. The summed E-state index contributed by atoms with van der Waals surface area (Å²) in [5.41, 5.74) is 0.732. The number of carbonyl (C=O) groups is 1. The van der Waals surface area contributed by atoms with Gasteiger partial charge in [-0.15, -0.1) is 5.10 Å².